The highest BCUT2D eigenvalue weighted by molar-refractivity contribution is 5.98. The lowest BCUT2D eigenvalue weighted by molar-refractivity contribution is -0.119. The normalized spacial score (nSPS) is 23.9. The van der Waals surface area contributed by atoms with Crippen LogP contribution in [0, 0.1) is 0 Å². The molecule has 0 saturated carbocycles. The number of carbonyl (C=O) groups is 1. The summed E-state index contributed by atoms with van der Waals surface area (Å²) in [6, 6.07) is 5.48. The maximum Gasteiger partial charge on any atom is 0.241 e. The maximum absolute atomic E-state index is 11.7. The molecule has 15 heavy (non-hydrogen) atoms. The third kappa shape index (κ3) is 1.22. The van der Waals surface area contributed by atoms with Gasteiger partial charge in [-0.3, -0.25) is 4.79 Å². The summed E-state index contributed by atoms with van der Waals surface area (Å²) < 4.78 is 0. The first-order valence-electron chi connectivity index (χ1n) is 5.10. The monoisotopic (exact) mass is 204 g/mol. The molecule has 1 aromatic carbocycles. The first-order chi connectivity index (χ1) is 7.25. The number of piperazine rings is 1. The summed E-state index contributed by atoms with van der Waals surface area (Å²) in [5.74, 6) is 0.316. The molecule has 2 N–H and O–H groups in total. The number of nitrogens with zero attached hydrogens (tertiary/aromatic N) is 1. The highest BCUT2D eigenvalue weighted by Gasteiger charge is 2.36. The van der Waals surface area contributed by atoms with Crippen LogP contribution >= 0.6 is 0 Å². The number of hydrogen-bond donors (Lipinski definition) is 2. The summed E-state index contributed by atoms with van der Waals surface area (Å²) in [6.45, 7) is 1.23. The van der Waals surface area contributed by atoms with Gasteiger partial charge in [0.2, 0.25) is 5.91 Å². The van der Waals surface area contributed by atoms with Crippen molar-refractivity contribution in [3.8, 4) is 5.75 Å². The highest BCUT2D eigenvalue weighted by Crippen LogP contribution is 2.35. The second kappa shape index (κ2) is 2.97. The Bertz CT molecular complexity index is 431. The third-order valence-electron chi connectivity index (χ3n) is 3.07. The number of carbonyl (C=O) groups excluding carboxylic acids is 1. The van der Waals surface area contributed by atoms with Crippen molar-refractivity contribution in [2.24, 2.45) is 0 Å². The van der Waals surface area contributed by atoms with Crippen LogP contribution in [0.1, 0.15) is 5.56 Å². The Kier molecular flexibility index (Phi) is 1.73. The Morgan fingerprint density at radius 3 is 3.20 bits per heavy atom. The molecule has 1 amide bonds. The number of fused-ring (bicyclic) bond motifs is 3. The Morgan fingerprint density at radius 1 is 1.47 bits per heavy atom. The summed E-state index contributed by atoms with van der Waals surface area (Å²) in [4.78, 5) is 13.5. The van der Waals surface area contributed by atoms with Crippen molar-refractivity contribution in [2.45, 2.75) is 12.5 Å². The van der Waals surface area contributed by atoms with Gasteiger partial charge in [-0.05, 0) is 18.1 Å². The van der Waals surface area contributed by atoms with Crippen molar-refractivity contribution in [3.05, 3.63) is 23.8 Å². The number of nitrogens with one attached hydrogen (secondary N) is 1. The summed E-state index contributed by atoms with van der Waals surface area (Å²) >= 11 is 0. The fourth-order valence-corrected chi connectivity index (χ4v) is 2.42. The number of hydrogen-bond acceptors (Lipinski definition) is 3. The topological polar surface area (TPSA) is 52.6 Å². The minimum atomic E-state index is 0.0931. The Balaban J connectivity index is 2.08. The lowest BCUT2D eigenvalue weighted by Gasteiger charge is -2.30. The van der Waals surface area contributed by atoms with Crippen LogP contribution in [0.5, 0.6) is 5.75 Å². The van der Waals surface area contributed by atoms with E-state index in [1.54, 1.807) is 12.1 Å². The van der Waals surface area contributed by atoms with Crippen molar-refractivity contribution in [3.63, 3.8) is 0 Å². The largest absolute Gasteiger partial charge is 0.508 e. The van der Waals surface area contributed by atoms with Gasteiger partial charge in [-0.25, -0.2) is 0 Å². The van der Waals surface area contributed by atoms with Crippen molar-refractivity contribution in [1.29, 1.82) is 0 Å². The van der Waals surface area contributed by atoms with Crippen LogP contribution in [0.4, 0.5) is 5.69 Å². The molecule has 1 atom stereocenters. The molecule has 4 heteroatoms. The minimum absolute atomic E-state index is 0.0931. The molecule has 0 aromatic heterocycles. The molecule has 3 rings (SSSR count). The van der Waals surface area contributed by atoms with Crippen molar-refractivity contribution < 1.29 is 9.90 Å². The van der Waals surface area contributed by atoms with E-state index >= 15 is 0 Å². The zero-order valence-electron chi connectivity index (χ0n) is 8.23. The number of anilines is 1. The molecule has 4 nitrogen and oxygen atoms in total. The second-order valence-corrected chi connectivity index (χ2v) is 4.07. The van der Waals surface area contributed by atoms with Crippen molar-refractivity contribution in [1.82, 2.24) is 5.32 Å². The van der Waals surface area contributed by atoms with E-state index in [2.05, 4.69) is 5.32 Å². The highest BCUT2D eigenvalue weighted by atomic mass is 16.3. The Labute approximate surface area is 87.5 Å². The van der Waals surface area contributed by atoms with Crippen molar-refractivity contribution >= 4 is 11.6 Å². The molecule has 2 aliphatic rings. The van der Waals surface area contributed by atoms with E-state index < -0.39 is 0 Å². The average Bonchev–Trinajstić information content (AvgIpc) is 2.57. The predicted molar refractivity (Wildman–Crippen MR) is 56.0 cm³/mol. The quantitative estimate of drug-likeness (QED) is 0.637. The standard InChI is InChI=1S/C11H12N2O2/c14-9-2-1-7-3-8-5-12-6-11(15)13(8)10(7)4-9/h1-2,4,8,12,14H,3,5-6H2. The van der Waals surface area contributed by atoms with Gasteiger partial charge >= 0.3 is 0 Å². The van der Waals surface area contributed by atoms with Crippen molar-refractivity contribution in [2.75, 3.05) is 18.0 Å². The molecular formula is C11H12N2O2. The van der Waals surface area contributed by atoms with Crippen LogP contribution in [0.15, 0.2) is 18.2 Å². The van der Waals surface area contributed by atoms with Crippen LogP contribution in [-0.4, -0.2) is 30.1 Å². The molecule has 0 aliphatic carbocycles. The molecule has 2 heterocycles. The van der Waals surface area contributed by atoms with Gasteiger partial charge in [-0.15, -0.1) is 0 Å². The summed E-state index contributed by atoms with van der Waals surface area (Å²) in [5.41, 5.74) is 2.03. The van der Waals surface area contributed by atoms with Gasteiger partial charge in [0.25, 0.3) is 0 Å². The minimum Gasteiger partial charge on any atom is -0.508 e. The third-order valence-corrected chi connectivity index (χ3v) is 3.07. The lowest BCUT2D eigenvalue weighted by Crippen LogP contribution is -2.53. The zero-order valence-corrected chi connectivity index (χ0v) is 8.23. The zero-order chi connectivity index (χ0) is 10.4. The first kappa shape index (κ1) is 8.73. The molecule has 1 unspecified atom stereocenters. The first-order valence-corrected chi connectivity index (χ1v) is 5.10. The molecular weight excluding hydrogens is 192 g/mol. The fourth-order valence-electron chi connectivity index (χ4n) is 2.42. The van der Waals surface area contributed by atoms with Gasteiger partial charge in [-0.1, -0.05) is 6.07 Å². The van der Waals surface area contributed by atoms with Gasteiger partial charge in [0.1, 0.15) is 5.75 Å². The maximum atomic E-state index is 11.7. The van der Waals surface area contributed by atoms with Crippen LogP contribution in [0.2, 0.25) is 0 Å². The van der Waals surface area contributed by atoms with Crippen LogP contribution in [-0.2, 0) is 11.2 Å². The molecule has 1 fully saturated rings. The van der Waals surface area contributed by atoms with E-state index in [4.69, 9.17) is 0 Å². The van der Waals surface area contributed by atoms with E-state index in [-0.39, 0.29) is 17.7 Å². The van der Waals surface area contributed by atoms with Crippen LogP contribution < -0.4 is 10.2 Å². The number of benzene rings is 1. The summed E-state index contributed by atoms with van der Waals surface area (Å²) in [6.07, 6.45) is 0.883. The molecule has 78 valence electrons. The van der Waals surface area contributed by atoms with E-state index in [0.29, 0.717) is 6.54 Å². The van der Waals surface area contributed by atoms with E-state index in [1.807, 2.05) is 11.0 Å². The number of amides is 1. The fraction of sp³-hybridized carbons (Fsp3) is 0.364. The number of aromatic hydroxyl groups is 1. The van der Waals surface area contributed by atoms with Gasteiger partial charge < -0.3 is 15.3 Å². The van der Waals surface area contributed by atoms with Gasteiger partial charge in [0, 0.05) is 12.6 Å². The number of phenolic OH excluding ortho intramolecular Hbond substituents is 1. The second-order valence-electron chi connectivity index (χ2n) is 4.07. The van der Waals surface area contributed by atoms with Gasteiger partial charge in [-0.2, -0.15) is 0 Å². The Hall–Kier alpha value is -1.55. The molecule has 0 spiro atoms. The van der Waals surface area contributed by atoms with Gasteiger partial charge in [0.15, 0.2) is 0 Å². The lowest BCUT2D eigenvalue weighted by atomic mass is 10.1. The SMILES string of the molecule is O=C1CNCC2Cc3ccc(O)cc3N12. The molecule has 1 aromatic rings. The molecule has 2 aliphatic heterocycles. The summed E-state index contributed by atoms with van der Waals surface area (Å²) in [5, 5.41) is 12.5. The van der Waals surface area contributed by atoms with E-state index in [1.165, 1.54) is 0 Å². The Morgan fingerprint density at radius 2 is 2.33 bits per heavy atom. The van der Waals surface area contributed by atoms with E-state index in [9.17, 15) is 9.90 Å². The predicted octanol–water partition coefficient (Wildman–Crippen LogP) is 0.253. The van der Waals surface area contributed by atoms with Crippen LogP contribution in [0.25, 0.3) is 0 Å². The van der Waals surface area contributed by atoms with Gasteiger partial charge in [0.05, 0.1) is 18.3 Å². The number of phenols is 1. The number of rotatable bonds is 0. The van der Waals surface area contributed by atoms with Crippen LogP contribution in [0.3, 0.4) is 0 Å². The molecule has 0 radical (unpaired) electrons. The molecule has 1 saturated heterocycles. The average molecular weight is 204 g/mol. The van der Waals surface area contributed by atoms with E-state index in [0.717, 1.165) is 24.2 Å². The molecule has 0 bridgehead atoms. The smallest absolute Gasteiger partial charge is 0.241 e. The summed E-state index contributed by atoms with van der Waals surface area (Å²) in [7, 11) is 0.